The second-order valence-corrected chi connectivity index (χ2v) is 7.25. The Bertz CT molecular complexity index is 716. The molecule has 0 bridgehead atoms. The van der Waals surface area contributed by atoms with Crippen molar-refractivity contribution in [1.82, 2.24) is 14.9 Å². The molecular formula is C15H21N3O2S2. The van der Waals surface area contributed by atoms with Gasteiger partial charge in [0.1, 0.15) is 5.01 Å². The highest BCUT2D eigenvalue weighted by Gasteiger charge is 2.29. The van der Waals surface area contributed by atoms with Gasteiger partial charge in [-0.3, -0.25) is 9.59 Å². The SMILES string of the molecule is CCC(C)(NC(=O)CCn1c(C)csc1=O)c1nc(C)cs1. The molecule has 2 aromatic rings. The summed E-state index contributed by atoms with van der Waals surface area (Å²) in [6.07, 6.45) is 1.06. The Balaban J connectivity index is 2.02. The number of thiazole rings is 2. The van der Waals surface area contributed by atoms with E-state index in [4.69, 9.17) is 0 Å². The zero-order valence-corrected chi connectivity index (χ0v) is 14.9. The molecule has 1 atom stereocenters. The zero-order valence-electron chi connectivity index (χ0n) is 13.3. The van der Waals surface area contributed by atoms with Crippen molar-refractivity contribution >= 4 is 28.6 Å². The number of aryl methyl sites for hydroxylation is 2. The van der Waals surface area contributed by atoms with E-state index in [-0.39, 0.29) is 17.2 Å². The van der Waals surface area contributed by atoms with Crippen molar-refractivity contribution in [3.05, 3.63) is 36.8 Å². The molecule has 0 fully saturated rings. The first-order chi connectivity index (χ1) is 10.4. The average Bonchev–Trinajstić information content (AvgIpc) is 3.04. The molecule has 5 nitrogen and oxygen atoms in total. The summed E-state index contributed by atoms with van der Waals surface area (Å²) in [5.41, 5.74) is 1.41. The maximum atomic E-state index is 12.3. The highest BCUT2D eigenvalue weighted by Crippen LogP contribution is 2.27. The number of nitrogens with one attached hydrogen (secondary N) is 1. The molecule has 7 heteroatoms. The Morgan fingerprint density at radius 2 is 2.09 bits per heavy atom. The third-order valence-electron chi connectivity index (χ3n) is 3.75. The van der Waals surface area contributed by atoms with Crippen molar-refractivity contribution in [2.75, 3.05) is 0 Å². The summed E-state index contributed by atoms with van der Waals surface area (Å²) >= 11 is 2.73. The number of carbonyl (C=O) groups is 1. The van der Waals surface area contributed by atoms with E-state index in [1.807, 2.05) is 38.5 Å². The lowest BCUT2D eigenvalue weighted by Crippen LogP contribution is -2.43. The summed E-state index contributed by atoms with van der Waals surface area (Å²) in [6.45, 7) is 8.26. The van der Waals surface area contributed by atoms with Gasteiger partial charge in [-0.2, -0.15) is 0 Å². The van der Waals surface area contributed by atoms with Crippen LogP contribution < -0.4 is 10.2 Å². The highest BCUT2D eigenvalue weighted by molar-refractivity contribution is 7.09. The van der Waals surface area contributed by atoms with Gasteiger partial charge in [0, 0.05) is 35.1 Å². The second-order valence-electron chi connectivity index (χ2n) is 5.57. The molecule has 1 unspecified atom stereocenters. The summed E-state index contributed by atoms with van der Waals surface area (Å²) in [7, 11) is 0. The lowest BCUT2D eigenvalue weighted by atomic mass is 9.99. The van der Waals surface area contributed by atoms with Crippen LogP contribution >= 0.6 is 22.7 Å². The van der Waals surface area contributed by atoms with E-state index >= 15 is 0 Å². The largest absolute Gasteiger partial charge is 0.344 e. The fraction of sp³-hybridized carbons (Fsp3) is 0.533. The van der Waals surface area contributed by atoms with Gasteiger partial charge in [-0.05, 0) is 27.2 Å². The molecule has 1 amide bonds. The van der Waals surface area contributed by atoms with Gasteiger partial charge in [-0.15, -0.1) is 11.3 Å². The molecule has 0 radical (unpaired) electrons. The molecule has 2 heterocycles. The summed E-state index contributed by atoms with van der Waals surface area (Å²) in [6, 6.07) is 0. The van der Waals surface area contributed by atoms with E-state index in [9.17, 15) is 9.59 Å². The van der Waals surface area contributed by atoms with Crippen LogP contribution in [-0.4, -0.2) is 15.5 Å². The number of nitrogens with zero attached hydrogens (tertiary/aromatic N) is 2. The molecular weight excluding hydrogens is 318 g/mol. The molecule has 120 valence electrons. The molecule has 0 spiro atoms. The van der Waals surface area contributed by atoms with Crippen molar-refractivity contribution in [3.63, 3.8) is 0 Å². The maximum absolute atomic E-state index is 12.3. The van der Waals surface area contributed by atoms with Gasteiger partial charge in [0.2, 0.25) is 5.91 Å². The number of aromatic nitrogens is 2. The summed E-state index contributed by atoms with van der Waals surface area (Å²) in [5.74, 6) is -0.0605. The van der Waals surface area contributed by atoms with Crippen molar-refractivity contribution in [3.8, 4) is 0 Å². The van der Waals surface area contributed by atoms with E-state index in [1.54, 1.807) is 15.9 Å². The monoisotopic (exact) mass is 339 g/mol. The molecule has 0 aromatic carbocycles. The molecule has 22 heavy (non-hydrogen) atoms. The number of hydrogen-bond acceptors (Lipinski definition) is 5. The Morgan fingerprint density at radius 3 is 2.59 bits per heavy atom. The highest BCUT2D eigenvalue weighted by atomic mass is 32.1. The smallest absolute Gasteiger partial charge is 0.307 e. The molecule has 1 N–H and O–H groups in total. The molecule has 0 saturated carbocycles. The molecule has 0 aliphatic heterocycles. The van der Waals surface area contributed by atoms with Crippen molar-refractivity contribution in [2.24, 2.45) is 0 Å². The van der Waals surface area contributed by atoms with E-state index in [0.717, 1.165) is 22.8 Å². The van der Waals surface area contributed by atoms with Crippen LogP contribution in [0.4, 0.5) is 0 Å². The van der Waals surface area contributed by atoms with Gasteiger partial charge in [0.05, 0.1) is 5.54 Å². The van der Waals surface area contributed by atoms with Crippen molar-refractivity contribution < 1.29 is 4.79 Å². The van der Waals surface area contributed by atoms with Gasteiger partial charge in [-0.1, -0.05) is 18.3 Å². The van der Waals surface area contributed by atoms with Crippen LogP contribution in [0.15, 0.2) is 15.6 Å². The standard InChI is InChI=1S/C15H21N3O2S2/c1-5-15(4,13-16-10(2)8-21-13)17-12(19)6-7-18-11(3)9-22-14(18)20/h8-9H,5-7H2,1-4H3,(H,17,19). The second kappa shape index (κ2) is 6.75. The molecule has 0 saturated heterocycles. The molecule has 0 aliphatic rings. The Kier molecular flexibility index (Phi) is 5.18. The van der Waals surface area contributed by atoms with E-state index in [2.05, 4.69) is 10.3 Å². The van der Waals surface area contributed by atoms with Gasteiger partial charge in [0.25, 0.3) is 0 Å². The molecule has 2 rings (SSSR count). The minimum Gasteiger partial charge on any atom is -0.344 e. The van der Waals surface area contributed by atoms with Crippen LogP contribution in [-0.2, 0) is 16.9 Å². The topological polar surface area (TPSA) is 64.0 Å². The number of hydrogen-bond donors (Lipinski definition) is 1. The van der Waals surface area contributed by atoms with Crippen LogP contribution in [0.1, 0.15) is 43.1 Å². The van der Waals surface area contributed by atoms with Crippen LogP contribution in [0, 0.1) is 13.8 Å². The average molecular weight is 339 g/mol. The first-order valence-corrected chi connectivity index (χ1v) is 9.00. The first-order valence-electron chi connectivity index (χ1n) is 7.24. The summed E-state index contributed by atoms with van der Waals surface area (Å²) in [5, 5.41) is 7.80. The van der Waals surface area contributed by atoms with Crippen LogP contribution in [0.3, 0.4) is 0 Å². The van der Waals surface area contributed by atoms with Crippen LogP contribution in [0.5, 0.6) is 0 Å². The molecule has 0 aliphatic carbocycles. The lowest BCUT2D eigenvalue weighted by Gasteiger charge is -2.27. The third kappa shape index (κ3) is 3.64. The number of rotatable bonds is 6. The number of amides is 1. The lowest BCUT2D eigenvalue weighted by molar-refractivity contribution is -0.123. The van der Waals surface area contributed by atoms with Gasteiger partial charge >= 0.3 is 4.87 Å². The first kappa shape index (κ1) is 16.9. The summed E-state index contributed by atoms with van der Waals surface area (Å²) < 4.78 is 1.64. The number of carbonyl (C=O) groups excluding carboxylic acids is 1. The van der Waals surface area contributed by atoms with E-state index in [0.29, 0.717) is 6.54 Å². The van der Waals surface area contributed by atoms with Gasteiger partial charge in [-0.25, -0.2) is 4.98 Å². The minimum atomic E-state index is -0.454. The maximum Gasteiger partial charge on any atom is 0.307 e. The summed E-state index contributed by atoms with van der Waals surface area (Å²) in [4.78, 5) is 28.4. The van der Waals surface area contributed by atoms with E-state index in [1.165, 1.54) is 11.3 Å². The molecule has 2 aromatic heterocycles. The van der Waals surface area contributed by atoms with Gasteiger partial charge < -0.3 is 9.88 Å². The van der Waals surface area contributed by atoms with Crippen LogP contribution in [0.25, 0.3) is 0 Å². The predicted molar refractivity (Wildman–Crippen MR) is 90.6 cm³/mol. The zero-order chi connectivity index (χ0) is 16.3. The van der Waals surface area contributed by atoms with Gasteiger partial charge in [0.15, 0.2) is 0 Å². The van der Waals surface area contributed by atoms with Crippen LogP contribution in [0.2, 0.25) is 0 Å². The minimum absolute atomic E-state index is 0.0147. The third-order valence-corrected chi connectivity index (χ3v) is 5.86. The normalized spacial score (nSPS) is 13.8. The fourth-order valence-corrected chi connectivity index (χ4v) is 3.91. The fourth-order valence-electron chi connectivity index (χ4n) is 2.16. The van der Waals surface area contributed by atoms with Crippen molar-refractivity contribution in [2.45, 2.75) is 52.6 Å². The predicted octanol–water partition coefficient (Wildman–Crippen LogP) is 2.81. The quantitative estimate of drug-likeness (QED) is 0.880. The Labute approximate surface area is 138 Å². The van der Waals surface area contributed by atoms with E-state index < -0.39 is 5.54 Å². The Hall–Kier alpha value is -1.47. The van der Waals surface area contributed by atoms with Crippen molar-refractivity contribution in [1.29, 1.82) is 0 Å². The Morgan fingerprint density at radius 1 is 1.36 bits per heavy atom.